The van der Waals surface area contributed by atoms with Crippen molar-refractivity contribution in [2.75, 3.05) is 23.3 Å². The molecule has 0 aliphatic carbocycles. The number of hydrogen-bond donors (Lipinski definition) is 2. The number of anilines is 2. The number of aromatic nitrogens is 3. The van der Waals surface area contributed by atoms with Gasteiger partial charge in [-0.3, -0.25) is 4.79 Å². The summed E-state index contributed by atoms with van der Waals surface area (Å²) in [7, 11) is 0. The standard InChI is InChI=1S/C18H17F3N6OS/c19-18(20,21)15-13(5-6-29-15)24-16(28)14-4-3-12-8-23-17(25-27(12)14)26-9-10-1-2-11(26)7-22-10/h3-6,8,10-11,22H,1-2,7,9H2,(H,24,28)/t10-,11-/m0/s1. The van der Waals surface area contributed by atoms with Crippen LogP contribution in [0.15, 0.2) is 29.8 Å². The largest absolute Gasteiger partial charge is 0.427 e. The molecule has 3 aromatic heterocycles. The Bertz CT molecular complexity index is 1070. The fraction of sp³-hybridized carbons (Fsp3) is 0.389. The number of nitrogens with one attached hydrogen (secondary N) is 2. The van der Waals surface area contributed by atoms with E-state index in [9.17, 15) is 18.0 Å². The van der Waals surface area contributed by atoms with Crippen molar-refractivity contribution >= 4 is 34.4 Å². The van der Waals surface area contributed by atoms with Gasteiger partial charge in [-0.15, -0.1) is 16.4 Å². The number of thiophene rings is 1. The summed E-state index contributed by atoms with van der Waals surface area (Å²) in [6.45, 7) is 1.66. The highest BCUT2D eigenvalue weighted by molar-refractivity contribution is 7.10. The van der Waals surface area contributed by atoms with Gasteiger partial charge in [0.2, 0.25) is 5.95 Å². The molecule has 152 valence electrons. The van der Waals surface area contributed by atoms with Gasteiger partial charge >= 0.3 is 6.18 Å². The molecular weight excluding hydrogens is 405 g/mol. The summed E-state index contributed by atoms with van der Waals surface area (Å²) in [6.07, 6.45) is -0.727. The number of fused-ring (bicyclic) bond motifs is 4. The van der Waals surface area contributed by atoms with Crippen molar-refractivity contribution in [1.82, 2.24) is 19.9 Å². The van der Waals surface area contributed by atoms with Gasteiger partial charge in [0, 0.05) is 25.2 Å². The molecule has 2 atom stereocenters. The number of halogens is 3. The summed E-state index contributed by atoms with van der Waals surface area (Å²) in [4.78, 5) is 18.4. The molecule has 6 heterocycles. The van der Waals surface area contributed by atoms with Crippen LogP contribution in [0.3, 0.4) is 0 Å². The summed E-state index contributed by atoms with van der Waals surface area (Å²) < 4.78 is 40.7. The van der Waals surface area contributed by atoms with Crippen molar-refractivity contribution in [1.29, 1.82) is 0 Å². The van der Waals surface area contributed by atoms with E-state index in [2.05, 4.69) is 25.6 Å². The molecule has 0 radical (unpaired) electrons. The second kappa shape index (κ2) is 6.70. The van der Waals surface area contributed by atoms with Crippen LogP contribution in [0.2, 0.25) is 0 Å². The average Bonchev–Trinajstić information content (AvgIpc) is 3.35. The van der Waals surface area contributed by atoms with Gasteiger partial charge < -0.3 is 15.5 Å². The smallest absolute Gasteiger partial charge is 0.334 e. The fourth-order valence-electron chi connectivity index (χ4n) is 3.96. The van der Waals surface area contributed by atoms with Gasteiger partial charge in [-0.1, -0.05) is 0 Å². The van der Waals surface area contributed by atoms with Crippen LogP contribution in [0.4, 0.5) is 24.8 Å². The quantitative estimate of drug-likeness (QED) is 0.679. The van der Waals surface area contributed by atoms with E-state index in [0.29, 0.717) is 34.9 Å². The molecule has 0 saturated carbocycles. The van der Waals surface area contributed by atoms with E-state index in [1.807, 2.05) is 0 Å². The Morgan fingerprint density at radius 2 is 2.14 bits per heavy atom. The molecule has 0 aromatic carbocycles. The van der Waals surface area contributed by atoms with Crippen LogP contribution >= 0.6 is 11.3 Å². The third kappa shape index (κ3) is 3.23. The van der Waals surface area contributed by atoms with Crippen LogP contribution in [0.5, 0.6) is 0 Å². The number of alkyl halides is 3. The van der Waals surface area contributed by atoms with Gasteiger partial charge in [-0.25, -0.2) is 9.50 Å². The van der Waals surface area contributed by atoms with Crippen LogP contribution in [-0.2, 0) is 6.18 Å². The molecule has 7 nitrogen and oxygen atoms in total. The molecule has 6 rings (SSSR count). The van der Waals surface area contributed by atoms with E-state index in [4.69, 9.17) is 0 Å². The molecule has 3 aliphatic rings. The Balaban J connectivity index is 1.45. The first-order valence-electron chi connectivity index (χ1n) is 9.21. The van der Waals surface area contributed by atoms with E-state index >= 15 is 0 Å². The number of carbonyl (C=O) groups is 1. The Kier molecular flexibility index (Phi) is 4.24. The molecule has 11 heteroatoms. The van der Waals surface area contributed by atoms with Crippen molar-refractivity contribution in [2.24, 2.45) is 0 Å². The van der Waals surface area contributed by atoms with Crippen molar-refractivity contribution in [3.05, 3.63) is 40.3 Å². The minimum atomic E-state index is -4.52. The molecule has 2 N–H and O–H groups in total. The van der Waals surface area contributed by atoms with Gasteiger partial charge in [0.1, 0.15) is 10.6 Å². The van der Waals surface area contributed by atoms with Crippen LogP contribution in [-0.4, -0.2) is 45.7 Å². The summed E-state index contributed by atoms with van der Waals surface area (Å²) in [5.74, 6) is -0.133. The number of piperazine rings is 1. The molecular formula is C18H17F3N6OS. The van der Waals surface area contributed by atoms with Gasteiger partial charge in [0.25, 0.3) is 5.91 Å². The van der Waals surface area contributed by atoms with Crippen LogP contribution in [0.1, 0.15) is 28.2 Å². The molecule has 3 aromatic rings. The normalized spacial score (nSPS) is 21.7. The van der Waals surface area contributed by atoms with Crippen LogP contribution < -0.4 is 15.5 Å². The van der Waals surface area contributed by atoms with Crippen LogP contribution in [0.25, 0.3) is 5.52 Å². The minimum Gasteiger partial charge on any atom is -0.334 e. The molecule has 2 bridgehead atoms. The predicted molar refractivity (Wildman–Crippen MR) is 102 cm³/mol. The van der Waals surface area contributed by atoms with Gasteiger partial charge in [-0.2, -0.15) is 13.2 Å². The van der Waals surface area contributed by atoms with Crippen LogP contribution in [0, 0.1) is 0 Å². The molecule has 0 unspecified atom stereocenters. The number of piperidine rings is 2. The maximum atomic E-state index is 13.1. The van der Waals surface area contributed by atoms with E-state index in [-0.39, 0.29) is 11.4 Å². The van der Waals surface area contributed by atoms with Crippen molar-refractivity contribution in [3.63, 3.8) is 0 Å². The number of amides is 1. The van der Waals surface area contributed by atoms with E-state index in [1.54, 1.807) is 12.3 Å². The topological polar surface area (TPSA) is 74.6 Å². The number of rotatable bonds is 3. The first kappa shape index (κ1) is 18.4. The highest BCUT2D eigenvalue weighted by Gasteiger charge is 2.36. The average molecular weight is 422 g/mol. The summed E-state index contributed by atoms with van der Waals surface area (Å²) in [6, 6.07) is 5.14. The second-order valence-electron chi connectivity index (χ2n) is 7.22. The Morgan fingerprint density at radius 1 is 1.28 bits per heavy atom. The zero-order valence-corrected chi connectivity index (χ0v) is 15.9. The Hall–Kier alpha value is -2.66. The predicted octanol–water partition coefficient (Wildman–Crippen LogP) is 3.00. The maximum absolute atomic E-state index is 13.1. The van der Waals surface area contributed by atoms with Crippen molar-refractivity contribution < 1.29 is 18.0 Å². The van der Waals surface area contributed by atoms with Crippen molar-refractivity contribution in [2.45, 2.75) is 31.1 Å². The summed E-state index contributed by atoms with van der Waals surface area (Å²) >= 11 is 0.543. The lowest BCUT2D eigenvalue weighted by molar-refractivity contribution is -0.133. The first-order valence-corrected chi connectivity index (χ1v) is 10.1. The zero-order chi connectivity index (χ0) is 20.2. The minimum absolute atomic E-state index is 0.156. The second-order valence-corrected chi connectivity index (χ2v) is 8.13. The van der Waals surface area contributed by atoms with E-state index in [0.717, 1.165) is 25.9 Å². The highest BCUT2D eigenvalue weighted by Crippen LogP contribution is 2.39. The lowest BCUT2D eigenvalue weighted by atomic mass is 9.93. The Labute approximate surface area is 167 Å². The number of carbonyl (C=O) groups excluding carboxylic acids is 1. The summed E-state index contributed by atoms with van der Waals surface area (Å²) in [5.41, 5.74) is 0.500. The molecule has 3 aliphatic heterocycles. The monoisotopic (exact) mass is 422 g/mol. The third-order valence-corrected chi connectivity index (χ3v) is 6.35. The molecule has 3 saturated heterocycles. The fourth-order valence-corrected chi connectivity index (χ4v) is 4.68. The molecule has 0 spiro atoms. The molecule has 1 amide bonds. The van der Waals surface area contributed by atoms with Gasteiger partial charge in [0.05, 0.1) is 17.4 Å². The SMILES string of the molecule is O=C(Nc1ccsc1C(F)(F)F)c1ccc2cnc(N3C[C@@H]4CC[C@H]3CN4)nn12. The third-order valence-electron chi connectivity index (χ3n) is 5.40. The lowest BCUT2D eigenvalue weighted by Gasteiger charge is -2.45. The van der Waals surface area contributed by atoms with Gasteiger partial charge in [-0.05, 0) is 36.4 Å². The molecule has 3 fully saturated rings. The van der Waals surface area contributed by atoms with E-state index < -0.39 is 17.0 Å². The van der Waals surface area contributed by atoms with Gasteiger partial charge in [0.15, 0.2) is 0 Å². The molecule has 29 heavy (non-hydrogen) atoms. The van der Waals surface area contributed by atoms with Crippen molar-refractivity contribution in [3.8, 4) is 0 Å². The Morgan fingerprint density at radius 3 is 2.83 bits per heavy atom. The lowest BCUT2D eigenvalue weighted by Crippen LogP contribution is -2.61. The zero-order valence-electron chi connectivity index (χ0n) is 15.1. The number of hydrogen-bond acceptors (Lipinski definition) is 6. The summed E-state index contributed by atoms with van der Waals surface area (Å²) in [5, 5.41) is 11.6. The first-order chi connectivity index (χ1) is 13.9. The number of nitrogens with zero attached hydrogens (tertiary/aromatic N) is 4. The highest BCUT2D eigenvalue weighted by atomic mass is 32.1. The van der Waals surface area contributed by atoms with E-state index in [1.165, 1.54) is 22.0 Å². The maximum Gasteiger partial charge on any atom is 0.427 e.